The number of benzene rings is 2. The van der Waals surface area contributed by atoms with E-state index in [1.807, 2.05) is 0 Å². The largest absolute Gasteiger partial charge is 0.393 e. The van der Waals surface area contributed by atoms with Crippen LogP contribution in [0.25, 0.3) is 11.1 Å². The molecule has 2 atom stereocenters. The SMILES string of the molecule is CNCC[C@H](O)CC(=O)N1CCN2C(=O)c3cc(-c4ccc(Cl)cc4F)ccc3NC(=O)C2C1. The number of nitrogens with zero attached hydrogens (tertiary/aromatic N) is 2. The van der Waals surface area contributed by atoms with E-state index >= 15 is 0 Å². The van der Waals surface area contributed by atoms with Crippen molar-refractivity contribution in [3.8, 4) is 11.1 Å². The van der Waals surface area contributed by atoms with E-state index in [9.17, 15) is 23.9 Å². The summed E-state index contributed by atoms with van der Waals surface area (Å²) in [7, 11) is 1.77. The molecule has 2 heterocycles. The van der Waals surface area contributed by atoms with Crippen LogP contribution in [-0.2, 0) is 9.59 Å². The van der Waals surface area contributed by atoms with Crippen molar-refractivity contribution in [2.75, 3.05) is 38.5 Å². The molecule has 2 aliphatic rings. The molecule has 1 unspecified atom stereocenters. The Morgan fingerprint density at radius 1 is 1.24 bits per heavy atom. The van der Waals surface area contributed by atoms with Gasteiger partial charge in [-0.05, 0) is 55.9 Å². The van der Waals surface area contributed by atoms with Gasteiger partial charge >= 0.3 is 0 Å². The average Bonchev–Trinajstić information content (AvgIpc) is 2.91. The molecular formula is C24H26ClFN4O4. The summed E-state index contributed by atoms with van der Waals surface area (Å²) in [6, 6.07) is 8.22. The molecule has 1 saturated heterocycles. The summed E-state index contributed by atoms with van der Waals surface area (Å²) in [5.74, 6) is -1.54. The topological polar surface area (TPSA) is 102 Å². The molecule has 0 spiro atoms. The minimum Gasteiger partial charge on any atom is -0.393 e. The lowest BCUT2D eigenvalue weighted by atomic mass is 10.0. The van der Waals surface area contributed by atoms with Crippen LogP contribution in [0.1, 0.15) is 23.2 Å². The number of amides is 3. The van der Waals surface area contributed by atoms with Crippen LogP contribution in [0.15, 0.2) is 36.4 Å². The van der Waals surface area contributed by atoms with Gasteiger partial charge in [0.25, 0.3) is 5.91 Å². The van der Waals surface area contributed by atoms with Crippen molar-refractivity contribution in [3.63, 3.8) is 0 Å². The Hall–Kier alpha value is -3.01. The van der Waals surface area contributed by atoms with Gasteiger partial charge in [0.15, 0.2) is 0 Å². The number of fused-ring (bicyclic) bond motifs is 2. The van der Waals surface area contributed by atoms with Gasteiger partial charge in [0.2, 0.25) is 11.8 Å². The van der Waals surface area contributed by atoms with Crippen LogP contribution in [0.5, 0.6) is 0 Å². The molecule has 3 N–H and O–H groups in total. The van der Waals surface area contributed by atoms with Gasteiger partial charge in [0, 0.05) is 23.7 Å². The van der Waals surface area contributed by atoms with Crippen LogP contribution in [0, 0.1) is 5.82 Å². The highest BCUT2D eigenvalue weighted by Gasteiger charge is 2.40. The molecular weight excluding hydrogens is 463 g/mol. The number of anilines is 1. The summed E-state index contributed by atoms with van der Waals surface area (Å²) >= 11 is 5.85. The summed E-state index contributed by atoms with van der Waals surface area (Å²) in [6.45, 7) is 1.06. The second-order valence-corrected chi connectivity index (χ2v) is 8.91. The molecule has 0 saturated carbocycles. The van der Waals surface area contributed by atoms with Crippen LogP contribution in [0.4, 0.5) is 10.1 Å². The number of carbonyl (C=O) groups is 3. The van der Waals surface area contributed by atoms with E-state index in [2.05, 4.69) is 10.6 Å². The van der Waals surface area contributed by atoms with Crippen molar-refractivity contribution in [1.29, 1.82) is 0 Å². The second kappa shape index (κ2) is 10.1. The Morgan fingerprint density at radius 2 is 2.03 bits per heavy atom. The van der Waals surface area contributed by atoms with Gasteiger partial charge in [0.05, 0.1) is 30.3 Å². The lowest BCUT2D eigenvalue weighted by Crippen LogP contribution is -2.59. The predicted octanol–water partition coefficient (Wildman–Crippen LogP) is 2.11. The number of hydrogen-bond acceptors (Lipinski definition) is 5. The second-order valence-electron chi connectivity index (χ2n) is 8.48. The summed E-state index contributed by atoms with van der Waals surface area (Å²) in [6.07, 6.45) is -0.380. The van der Waals surface area contributed by atoms with E-state index in [0.717, 1.165) is 0 Å². The number of aliphatic hydroxyl groups excluding tert-OH is 1. The number of halogens is 2. The number of hydrogen-bond donors (Lipinski definition) is 3. The molecule has 0 aromatic heterocycles. The van der Waals surface area contributed by atoms with Gasteiger partial charge in [-0.2, -0.15) is 0 Å². The zero-order valence-electron chi connectivity index (χ0n) is 18.7. The van der Waals surface area contributed by atoms with Crippen molar-refractivity contribution in [1.82, 2.24) is 15.1 Å². The first-order chi connectivity index (χ1) is 16.3. The number of nitrogens with one attached hydrogen (secondary N) is 2. The van der Waals surface area contributed by atoms with Gasteiger partial charge < -0.3 is 25.5 Å². The van der Waals surface area contributed by atoms with Gasteiger partial charge in [-0.3, -0.25) is 14.4 Å². The molecule has 10 heteroatoms. The first-order valence-electron chi connectivity index (χ1n) is 11.1. The quantitative estimate of drug-likeness (QED) is 0.578. The summed E-state index contributed by atoms with van der Waals surface area (Å²) < 4.78 is 14.4. The summed E-state index contributed by atoms with van der Waals surface area (Å²) in [5, 5.41) is 16.0. The Kier molecular flexibility index (Phi) is 7.16. The lowest BCUT2D eigenvalue weighted by molar-refractivity contribution is -0.137. The molecule has 0 radical (unpaired) electrons. The van der Waals surface area contributed by atoms with Crippen LogP contribution < -0.4 is 10.6 Å². The molecule has 0 aliphatic carbocycles. The maximum Gasteiger partial charge on any atom is 0.256 e. The van der Waals surface area contributed by atoms with E-state index < -0.39 is 23.9 Å². The van der Waals surface area contributed by atoms with Crippen LogP contribution in [0.2, 0.25) is 5.02 Å². The van der Waals surface area contributed by atoms with E-state index in [1.165, 1.54) is 21.9 Å². The number of aliphatic hydroxyl groups is 1. The fraction of sp³-hybridized carbons (Fsp3) is 0.375. The highest BCUT2D eigenvalue weighted by molar-refractivity contribution is 6.30. The van der Waals surface area contributed by atoms with E-state index in [4.69, 9.17) is 11.6 Å². The normalized spacial score (nSPS) is 18.6. The van der Waals surface area contributed by atoms with Gasteiger partial charge in [-0.25, -0.2) is 4.39 Å². The number of rotatable bonds is 6. The average molecular weight is 489 g/mol. The molecule has 3 amide bonds. The van der Waals surface area contributed by atoms with Gasteiger partial charge in [-0.1, -0.05) is 17.7 Å². The van der Waals surface area contributed by atoms with E-state index in [0.29, 0.717) is 29.8 Å². The Morgan fingerprint density at radius 3 is 2.76 bits per heavy atom. The molecule has 2 aliphatic heterocycles. The van der Waals surface area contributed by atoms with Gasteiger partial charge in [0.1, 0.15) is 11.9 Å². The number of carbonyl (C=O) groups excluding carboxylic acids is 3. The molecule has 180 valence electrons. The first-order valence-corrected chi connectivity index (χ1v) is 11.5. The standard InChI is InChI=1S/C24H26ClFN4O4/c1-27-7-6-16(31)12-22(32)29-8-9-30-21(13-29)23(33)28-20-5-2-14(10-18(20)24(30)34)17-4-3-15(25)11-19(17)26/h2-5,10-11,16,21,27,31H,6-9,12-13H2,1H3,(H,28,33)/t16-,21?/m0/s1. The fourth-order valence-electron chi connectivity index (χ4n) is 4.31. The Labute approximate surface area is 201 Å². The van der Waals surface area contributed by atoms with Crippen molar-refractivity contribution >= 4 is 35.0 Å². The maximum atomic E-state index is 14.4. The van der Waals surface area contributed by atoms with Crippen molar-refractivity contribution < 1.29 is 23.9 Å². The predicted molar refractivity (Wildman–Crippen MR) is 126 cm³/mol. The third kappa shape index (κ3) is 4.91. The molecule has 2 aromatic rings. The van der Waals surface area contributed by atoms with E-state index in [-0.39, 0.29) is 48.5 Å². The molecule has 34 heavy (non-hydrogen) atoms. The molecule has 0 bridgehead atoms. The number of piperazine rings is 1. The third-order valence-electron chi connectivity index (χ3n) is 6.18. The van der Waals surface area contributed by atoms with Crippen LogP contribution >= 0.6 is 11.6 Å². The van der Waals surface area contributed by atoms with Crippen molar-refractivity contribution in [2.24, 2.45) is 0 Å². The summed E-state index contributed by atoms with van der Waals surface area (Å²) in [4.78, 5) is 42.0. The smallest absolute Gasteiger partial charge is 0.256 e. The minimum atomic E-state index is -0.859. The van der Waals surface area contributed by atoms with Crippen LogP contribution in [-0.4, -0.2) is 78.0 Å². The zero-order chi connectivity index (χ0) is 24.4. The van der Waals surface area contributed by atoms with Crippen molar-refractivity contribution in [3.05, 3.63) is 52.8 Å². The third-order valence-corrected chi connectivity index (χ3v) is 6.42. The zero-order valence-corrected chi connectivity index (χ0v) is 19.4. The fourth-order valence-corrected chi connectivity index (χ4v) is 4.47. The molecule has 8 nitrogen and oxygen atoms in total. The molecule has 1 fully saturated rings. The molecule has 2 aromatic carbocycles. The highest BCUT2D eigenvalue weighted by Crippen LogP contribution is 2.32. The Balaban J connectivity index is 1.54. The monoisotopic (exact) mass is 488 g/mol. The van der Waals surface area contributed by atoms with Gasteiger partial charge in [-0.15, -0.1) is 0 Å². The maximum absolute atomic E-state index is 14.4. The summed E-state index contributed by atoms with van der Waals surface area (Å²) in [5.41, 5.74) is 1.37. The Bertz CT molecular complexity index is 1130. The van der Waals surface area contributed by atoms with Crippen molar-refractivity contribution in [2.45, 2.75) is 25.0 Å². The minimum absolute atomic E-state index is 0.0415. The highest BCUT2D eigenvalue weighted by atomic mass is 35.5. The van der Waals surface area contributed by atoms with E-state index in [1.54, 1.807) is 31.3 Å². The first kappa shape index (κ1) is 24.1. The lowest BCUT2D eigenvalue weighted by Gasteiger charge is -2.39. The molecule has 4 rings (SSSR count). The van der Waals surface area contributed by atoms with Crippen LogP contribution in [0.3, 0.4) is 0 Å².